The molecule has 0 N–H and O–H groups in total. The fourth-order valence-electron chi connectivity index (χ4n) is 2.98. The van der Waals surface area contributed by atoms with E-state index in [4.69, 9.17) is 26.2 Å². The molecule has 0 amide bonds. The zero-order valence-electron chi connectivity index (χ0n) is 10.8. The largest absolute Gasteiger partial charge is 0.396 e. The molecule has 3 nitrogen and oxygen atoms in total. The van der Waals surface area contributed by atoms with Crippen molar-refractivity contribution in [3.05, 3.63) is 0 Å². The van der Waals surface area contributed by atoms with Gasteiger partial charge in [0.1, 0.15) is 5.22 Å². The van der Waals surface area contributed by atoms with Gasteiger partial charge in [-0.3, -0.25) is 0 Å². The van der Waals surface area contributed by atoms with E-state index in [0.717, 1.165) is 31.7 Å². The standard InChI is InChI=1S/C11H24O3SSi/c1-5-8-11(12-2)10(15)7-6-9-16(11,13-3)14-4/h10,15H,5-9H2,1-4H3. The molecule has 16 heavy (non-hydrogen) atoms. The van der Waals surface area contributed by atoms with Crippen LogP contribution in [0, 0.1) is 0 Å². The number of methoxy groups -OCH3 is 1. The van der Waals surface area contributed by atoms with Crippen LogP contribution >= 0.6 is 12.6 Å². The van der Waals surface area contributed by atoms with Gasteiger partial charge in [0.15, 0.2) is 0 Å². The minimum atomic E-state index is -2.29. The van der Waals surface area contributed by atoms with E-state index in [0.29, 0.717) is 0 Å². The molecular weight excluding hydrogens is 240 g/mol. The van der Waals surface area contributed by atoms with Crippen molar-refractivity contribution in [1.82, 2.24) is 0 Å². The fourth-order valence-corrected chi connectivity index (χ4v) is 7.94. The first-order valence-corrected chi connectivity index (χ1v) is 8.50. The molecule has 5 heteroatoms. The second-order valence-corrected chi connectivity index (χ2v) is 8.70. The Morgan fingerprint density at radius 2 is 1.94 bits per heavy atom. The van der Waals surface area contributed by atoms with Crippen molar-refractivity contribution in [1.29, 1.82) is 0 Å². The van der Waals surface area contributed by atoms with Crippen molar-refractivity contribution in [2.45, 2.75) is 49.1 Å². The third kappa shape index (κ3) is 2.08. The maximum atomic E-state index is 5.86. The van der Waals surface area contributed by atoms with Gasteiger partial charge in [0.25, 0.3) is 0 Å². The number of rotatable bonds is 5. The molecule has 0 aromatic carbocycles. The van der Waals surface area contributed by atoms with Crippen molar-refractivity contribution in [3.8, 4) is 0 Å². The van der Waals surface area contributed by atoms with Gasteiger partial charge in [-0.25, -0.2) is 0 Å². The van der Waals surface area contributed by atoms with Crippen LogP contribution in [0.15, 0.2) is 0 Å². The second kappa shape index (κ2) is 5.86. The Kier molecular flexibility index (Phi) is 5.32. The Bertz CT molecular complexity index is 223. The van der Waals surface area contributed by atoms with Crippen molar-refractivity contribution >= 4 is 21.2 Å². The van der Waals surface area contributed by atoms with Crippen LogP contribution in [0.3, 0.4) is 0 Å². The quantitative estimate of drug-likeness (QED) is 0.611. The van der Waals surface area contributed by atoms with Crippen LogP contribution in [0.25, 0.3) is 0 Å². The molecule has 1 aliphatic rings. The number of hydrogen-bond donors (Lipinski definition) is 1. The maximum absolute atomic E-state index is 5.86. The summed E-state index contributed by atoms with van der Waals surface area (Å²) < 4.78 is 17.5. The van der Waals surface area contributed by atoms with Crippen LogP contribution in [0.4, 0.5) is 0 Å². The average Bonchev–Trinajstić information content (AvgIpc) is 2.32. The molecular formula is C11H24O3SSi. The van der Waals surface area contributed by atoms with Crippen LogP contribution < -0.4 is 0 Å². The number of ether oxygens (including phenoxy) is 1. The Morgan fingerprint density at radius 3 is 2.38 bits per heavy atom. The summed E-state index contributed by atoms with van der Waals surface area (Å²) in [7, 11) is 2.98. The van der Waals surface area contributed by atoms with E-state index in [-0.39, 0.29) is 10.5 Å². The maximum Gasteiger partial charge on any atom is 0.371 e. The highest BCUT2D eigenvalue weighted by atomic mass is 32.1. The van der Waals surface area contributed by atoms with Gasteiger partial charge in [-0.2, -0.15) is 12.6 Å². The van der Waals surface area contributed by atoms with E-state index in [1.54, 1.807) is 21.3 Å². The summed E-state index contributed by atoms with van der Waals surface area (Å²) in [6.07, 6.45) is 4.23. The average molecular weight is 264 g/mol. The summed E-state index contributed by atoms with van der Waals surface area (Å²) >= 11 is 4.73. The summed E-state index contributed by atoms with van der Waals surface area (Å²) in [5.74, 6) is 0. The first kappa shape index (κ1) is 14.5. The predicted octanol–water partition coefficient (Wildman–Crippen LogP) is 2.54. The van der Waals surface area contributed by atoms with Crippen LogP contribution in [-0.4, -0.2) is 40.4 Å². The first-order valence-electron chi connectivity index (χ1n) is 5.96. The summed E-state index contributed by atoms with van der Waals surface area (Å²) in [6, 6.07) is 1.00. The molecule has 1 heterocycles. The lowest BCUT2D eigenvalue weighted by molar-refractivity contribution is -0.00972. The Labute approximate surface area is 106 Å². The molecule has 1 fully saturated rings. The molecule has 0 aromatic heterocycles. The van der Waals surface area contributed by atoms with Gasteiger partial charge in [0, 0.05) is 26.6 Å². The molecule has 1 aliphatic heterocycles. The molecule has 0 bridgehead atoms. The molecule has 1 saturated heterocycles. The third-order valence-electron chi connectivity index (χ3n) is 3.81. The van der Waals surface area contributed by atoms with Crippen molar-refractivity contribution in [3.63, 3.8) is 0 Å². The Balaban J connectivity index is 3.09. The zero-order chi connectivity index (χ0) is 12.2. The SMILES string of the molecule is CCCC1(OC)C(S)CCC[Si]1(OC)OC. The molecule has 0 aliphatic carbocycles. The molecule has 0 saturated carbocycles. The minimum Gasteiger partial charge on any atom is -0.396 e. The van der Waals surface area contributed by atoms with E-state index in [1.807, 2.05) is 0 Å². The lowest BCUT2D eigenvalue weighted by Crippen LogP contribution is -2.69. The van der Waals surface area contributed by atoms with Gasteiger partial charge in [-0.15, -0.1) is 0 Å². The minimum absolute atomic E-state index is 0.220. The zero-order valence-corrected chi connectivity index (χ0v) is 12.7. The molecule has 96 valence electrons. The fraction of sp³-hybridized carbons (Fsp3) is 1.00. The van der Waals surface area contributed by atoms with Crippen LogP contribution in [0.2, 0.25) is 6.04 Å². The molecule has 0 aromatic rings. The van der Waals surface area contributed by atoms with Crippen molar-refractivity contribution in [2.75, 3.05) is 21.3 Å². The number of thiol groups is 1. The van der Waals surface area contributed by atoms with Crippen LogP contribution in [0.5, 0.6) is 0 Å². The highest BCUT2D eigenvalue weighted by Crippen LogP contribution is 2.45. The van der Waals surface area contributed by atoms with E-state index in [9.17, 15) is 0 Å². The first-order chi connectivity index (χ1) is 7.62. The molecule has 2 atom stereocenters. The molecule has 0 radical (unpaired) electrons. The molecule has 1 rings (SSSR count). The normalized spacial score (nSPS) is 33.9. The van der Waals surface area contributed by atoms with Crippen LogP contribution in [0.1, 0.15) is 32.6 Å². The third-order valence-corrected chi connectivity index (χ3v) is 9.15. The monoisotopic (exact) mass is 264 g/mol. The molecule has 2 unspecified atom stereocenters. The van der Waals surface area contributed by atoms with E-state index in [1.165, 1.54) is 0 Å². The van der Waals surface area contributed by atoms with Gasteiger partial charge in [0.2, 0.25) is 0 Å². The van der Waals surface area contributed by atoms with Crippen molar-refractivity contribution in [2.24, 2.45) is 0 Å². The Hall–Kier alpha value is 0.447. The van der Waals surface area contributed by atoms with Gasteiger partial charge in [0.05, 0.1) is 0 Å². The van der Waals surface area contributed by atoms with E-state index >= 15 is 0 Å². The highest BCUT2D eigenvalue weighted by Gasteiger charge is 2.62. The van der Waals surface area contributed by atoms with E-state index < -0.39 is 8.56 Å². The second-order valence-electron chi connectivity index (χ2n) is 4.41. The van der Waals surface area contributed by atoms with Gasteiger partial charge < -0.3 is 13.6 Å². The number of hydrogen-bond acceptors (Lipinski definition) is 4. The topological polar surface area (TPSA) is 27.7 Å². The van der Waals surface area contributed by atoms with Crippen LogP contribution in [-0.2, 0) is 13.6 Å². The van der Waals surface area contributed by atoms with Gasteiger partial charge in [-0.1, -0.05) is 19.8 Å². The Morgan fingerprint density at radius 1 is 1.31 bits per heavy atom. The summed E-state index contributed by atoms with van der Waals surface area (Å²) in [4.78, 5) is 0. The van der Waals surface area contributed by atoms with Crippen molar-refractivity contribution < 1.29 is 13.6 Å². The predicted molar refractivity (Wildman–Crippen MR) is 71.2 cm³/mol. The summed E-state index contributed by atoms with van der Waals surface area (Å²) in [6.45, 7) is 2.17. The summed E-state index contributed by atoms with van der Waals surface area (Å²) in [5.41, 5.74) is 0. The smallest absolute Gasteiger partial charge is 0.371 e. The van der Waals surface area contributed by atoms with Gasteiger partial charge in [-0.05, 0) is 18.9 Å². The summed E-state index contributed by atoms with van der Waals surface area (Å²) in [5, 5.41) is -0.0788. The highest BCUT2D eigenvalue weighted by molar-refractivity contribution is 7.81. The molecule has 0 spiro atoms. The lowest BCUT2D eigenvalue weighted by Gasteiger charge is -2.51. The lowest BCUT2D eigenvalue weighted by atomic mass is 10.1. The van der Waals surface area contributed by atoms with E-state index in [2.05, 4.69) is 6.92 Å². The van der Waals surface area contributed by atoms with Gasteiger partial charge >= 0.3 is 8.56 Å².